The zero-order valence-corrected chi connectivity index (χ0v) is 21.3. The van der Waals surface area contributed by atoms with E-state index >= 15 is 0 Å². The minimum absolute atomic E-state index is 0.155. The molecule has 0 unspecified atom stereocenters. The number of amides is 1. The van der Waals surface area contributed by atoms with Crippen LogP contribution in [0.5, 0.6) is 11.5 Å². The molecule has 2 aromatic heterocycles. The summed E-state index contributed by atoms with van der Waals surface area (Å²) in [6.07, 6.45) is 0. The van der Waals surface area contributed by atoms with Gasteiger partial charge in [-0.1, -0.05) is 35.0 Å². The van der Waals surface area contributed by atoms with Crippen LogP contribution in [-0.4, -0.2) is 38.5 Å². The summed E-state index contributed by atoms with van der Waals surface area (Å²) < 4.78 is 12.7. The summed E-state index contributed by atoms with van der Waals surface area (Å²) in [6.45, 7) is 0.248. The van der Waals surface area contributed by atoms with Gasteiger partial charge in [0.1, 0.15) is 18.1 Å². The van der Waals surface area contributed by atoms with E-state index in [1.54, 1.807) is 29.9 Å². The van der Waals surface area contributed by atoms with Crippen molar-refractivity contribution < 1.29 is 14.3 Å². The summed E-state index contributed by atoms with van der Waals surface area (Å²) in [4.78, 5) is 16.9. The van der Waals surface area contributed by atoms with Crippen LogP contribution in [0.3, 0.4) is 0 Å². The van der Waals surface area contributed by atoms with Crippen molar-refractivity contribution in [3.05, 3.63) is 63.7 Å². The molecule has 8 nitrogen and oxygen atoms in total. The second kappa shape index (κ2) is 11.1. The van der Waals surface area contributed by atoms with Crippen LogP contribution in [0.2, 0.25) is 10.0 Å². The number of benzene rings is 2. The molecule has 1 N–H and O–H groups in total. The van der Waals surface area contributed by atoms with E-state index in [-0.39, 0.29) is 18.3 Å². The van der Waals surface area contributed by atoms with Crippen molar-refractivity contribution in [2.75, 3.05) is 18.2 Å². The van der Waals surface area contributed by atoms with E-state index in [4.69, 9.17) is 32.7 Å². The highest BCUT2D eigenvalue weighted by molar-refractivity contribution is 7.99. The lowest BCUT2D eigenvalue weighted by atomic mass is 10.2. The predicted molar refractivity (Wildman–Crippen MR) is 135 cm³/mol. The van der Waals surface area contributed by atoms with E-state index in [2.05, 4.69) is 20.5 Å². The number of anilines is 1. The molecule has 2 heterocycles. The van der Waals surface area contributed by atoms with Crippen LogP contribution in [0.4, 0.5) is 5.13 Å². The Labute approximate surface area is 214 Å². The van der Waals surface area contributed by atoms with E-state index in [1.807, 2.05) is 36.7 Å². The Balaban J connectivity index is 1.29. The molecule has 4 rings (SSSR count). The molecular formula is C22H19Cl2N5O3S2. The maximum Gasteiger partial charge on any atom is 0.236 e. The molecule has 176 valence electrons. The van der Waals surface area contributed by atoms with Crippen LogP contribution >= 0.6 is 46.3 Å². The number of thiazole rings is 1. The molecule has 0 spiro atoms. The van der Waals surface area contributed by atoms with E-state index in [0.717, 1.165) is 11.3 Å². The van der Waals surface area contributed by atoms with Crippen molar-refractivity contribution in [1.29, 1.82) is 0 Å². The lowest BCUT2D eigenvalue weighted by Gasteiger charge is -2.07. The second-order valence-electron chi connectivity index (χ2n) is 6.92. The Morgan fingerprint density at radius 3 is 2.65 bits per heavy atom. The summed E-state index contributed by atoms with van der Waals surface area (Å²) in [5.41, 5.74) is 1.42. The highest BCUT2D eigenvalue weighted by Crippen LogP contribution is 2.32. The predicted octanol–water partition coefficient (Wildman–Crippen LogP) is 5.56. The lowest BCUT2D eigenvalue weighted by molar-refractivity contribution is -0.113. The molecule has 0 radical (unpaired) electrons. The number of aromatic nitrogens is 4. The number of carbonyl (C=O) groups excluding carboxylic acids is 1. The summed E-state index contributed by atoms with van der Waals surface area (Å²) >= 11 is 14.8. The molecule has 1 amide bonds. The van der Waals surface area contributed by atoms with Crippen molar-refractivity contribution in [3.8, 4) is 22.8 Å². The molecule has 0 atom stereocenters. The van der Waals surface area contributed by atoms with Gasteiger partial charge in [0.15, 0.2) is 16.1 Å². The number of hydrogen-bond donors (Lipinski definition) is 1. The van der Waals surface area contributed by atoms with Crippen LogP contribution in [0.15, 0.2) is 53.0 Å². The van der Waals surface area contributed by atoms with Gasteiger partial charge in [-0.2, -0.15) is 0 Å². The van der Waals surface area contributed by atoms with E-state index in [1.165, 1.54) is 23.1 Å². The van der Waals surface area contributed by atoms with Gasteiger partial charge in [0.05, 0.1) is 23.6 Å². The Morgan fingerprint density at radius 2 is 1.91 bits per heavy atom. The largest absolute Gasteiger partial charge is 0.497 e. The van der Waals surface area contributed by atoms with Crippen molar-refractivity contribution in [3.63, 3.8) is 0 Å². The number of methoxy groups -OCH3 is 1. The molecule has 0 saturated heterocycles. The third-order valence-corrected chi connectivity index (χ3v) is 6.97. The molecule has 0 aliphatic heterocycles. The van der Waals surface area contributed by atoms with Crippen LogP contribution in [0.25, 0.3) is 11.3 Å². The number of rotatable bonds is 9. The Bertz CT molecular complexity index is 1290. The molecule has 2 aromatic carbocycles. The average Bonchev–Trinajstić information content (AvgIpc) is 3.43. The van der Waals surface area contributed by atoms with Gasteiger partial charge in [0, 0.05) is 23.0 Å². The topological polar surface area (TPSA) is 91.2 Å². The number of hydrogen-bond acceptors (Lipinski definition) is 8. The van der Waals surface area contributed by atoms with Gasteiger partial charge >= 0.3 is 0 Å². The number of nitrogens with zero attached hydrogens (tertiary/aromatic N) is 4. The number of nitrogens with one attached hydrogen (secondary N) is 1. The first-order valence-electron chi connectivity index (χ1n) is 9.91. The Kier molecular flexibility index (Phi) is 7.94. The fourth-order valence-corrected chi connectivity index (χ4v) is 4.82. The van der Waals surface area contributed by atoms with Gasteiger partial charge in [0.2, 0.25) is 5.91 Å². The number of carbonyl (C=O) groups is 1. The van der Waals surface area contributed by atoms with Crippen LogP contribution in [-0.2, 0) is 18.4 Å². The zero-order valence-electron chi connectivity index (χ0n) is 18.1. The Morgan fingerprint density at radius 1 is 1.15 bits per heavy atom. The molecule has 0 bridgehead atoms. The average molecular weight is 536 g/mol. The van der Waals surface area contributed by atoms with E-state index in [9.17, 15) is 4.79 Å². The molecule has 0 aliphatic carbocycles. The molecule has 0 saturated carbocycles. The van der Waals surface area contributed by atoms with Gasteiger partial charge in [0.25, 0.3) is 0 Å². The fraction of sp³-hybridized carbons (Fsp3) is 0.182. The lowest BCUT2D eigenvalue weighted by Crippen LogP contribution is -2.14. The quantitative estimate of drug-likeness (QED) is 0.280. The maximum atomic E-state index is 12.4. The summed E-state index contributed by atoms with van der Waals surface area (Å²) in [5.74, 6) is 2.04. The molecule has 0 fully saturated rings. The van der Waals surface area contributed by atoms with Crippen molar-refractivity contribution in [2.45, 2.75) is 11.8 Å². The third kappa shape index (κ3) is 6.01. The first kappa shape index (κ1) is 24.3. The zero-order chi connectivity index (χ0) is 24.1. The van der Waals surface area contributed by atoms with E-state index < -0.39 is 0 Å². The number of ether oxygens (including phenoxy) is 2. The van der Waals surface area contributed by atoms with Crippen molar-refractivity contribution >= 4 is 57.3 Å². The SMILES string of the molecule is COc1ccc(OCc2nnc(SCC(=O)Nc3nc(-c4ccc(Cl)cc4Cl)cs3)n2C)cc1. The first-order valence-corrected chi connectivity index (χ1v) is 12.5. The fourth-order valence-electron chi connectivity index (χ4n) is 2.85. The highest BCUT2D eigenvalue weighted by Gasteiger charge is 2.14. The minimum atomic E-state index is -0.202. The van der Waals surface area contributed by atoms with Crippen LogP contribution in [0.1, 0.15) is 5.82 Å². The summed E-state index contributed by atoms with van der Waals surface area (Å²) in [6, 6.07) is 12.5. The maximum absolute atomic E-state index is 12.4. The molecule has 0 aliphatic rings. The Hall–Kier alpha value is -2.79. The van der Waals surface area contributed by atoms with Gasteiger partial charge < -0.3 is 19.4 Å². The monoisotopic (exact) mass is 535 g/mol. The van der Waals surface area contributed by atoms with Gasteiger partial charge in [-0.15, -0.1) is 21.5 Å². The minimum Gasteiger partial charge on any atom is -0.497 e. The third-order valence-electron chi connectivity index (χ3n) is 4.64. The first-order chi connectivity index (χ1) is 16.4. The van der Waals surface area contributed by atoms with Crippen molar-refractivity contribution in [1.82, 2.24) is 19.7 Å². The van der Waals surface area contributed by atoms with Gasteiger partial charge in [-0.25, -0.2) is 4.98 Å². The normalized spacial score (nSPS) is 10.8. The smallest absolute Gasteiger partial charge is 0.236 e. The van der Waals surface area contributed by atoms with Gasteiger partial charge in [-0.05, 0) is 42.5 Å². The molecule has 4 aromatic rings. The second-order valence-corrected chi connectivity index (χ2v) is 9.57. The van der Waals surface area contributed by atoms with Gasteiger partial charge in [-0.3, -0.25) is 4.79 Å². The van der Waals surface area contributed by atoms with Crippen LogP contribution in [0, 0.1) is 0 Å². The number of thioether (sulfide) groups is 1. The van der Waals surface area contributed by atoms with Crippen molar-refractivity contribution in [2.24, 2.45) is 7.05 Å². The number of halogens is 2. The molecular weight excluding hydrogens is 517 g/mol. The standard InChI is InChI=1S/C22H19Cl2N5O3S2/c1-29-19(10-32-15-6-4-14(31-2)5-7-15)27-28-22(29)34-12-20(30)26-21-25-18(11-33-21)16-8-3-13(23)9-17(16)24/h3-9,11H,10,12H2,1-2H3,(H,25,26,30). The highest BCUT2D eigenvalue weighted by atomic mass is 35.5. The van der Waals surface area contributed by atoms with Crippen LogP contribution < -0.4 is 14.8 Å². The van der Waals surface area contributed by atoms with E-state index in [0.29, 0.717) is 37.6 Å². The molecule has 34 heavy (non-hydrogen) atoms. The molecule has 12 heteroatoms. The summed E-state index contributed by atoms with van der Waals surface area (Å²) in [7, 11) is 3.44. The summed E-state index contributed by atoms with van der Waals surface area (Å²) in [5, 5.41) is 15.1.